The van der Waals surface area contributed by atoms with Crippen molar-refractivity contribution < 1.29 is 15.0 Å². The summed E-state index contributed by atoms with van der Waals surface area (Å²) in [6.07, 6.45) is 0.954. The number of carbonyl (C=O) groups is 1. The molecule has 0 aliphatic heterocycles. The van der Waals surface area contributed by atoms with E-state index in [1.165, 1.54) is 0 Å². The first-order valence-electron chi connectivity index (χ1n) is 5.41. The van der Waals surface area contributed by atoms with E-state index in [1.807, 2.05) is 20.8 Å². The average Bonchev–Trinajstić information content (AvgIpc) is 2.08. The minimum atomic E-state index is -0.497. The largest absolute Gasteiger partial charge is 0.396 e. The number of hydrogen-bond acceptors (Lipinski definition) is 3. The highest BCUT2D eigenvalue weighted by Gasteiger charge is 2.16. The summed E-state index contributed by atoms with van der Waals surface area (Å²) in [7, 11) is 0. The number of aliphatic hydroxyl groups excluding tert-OH is 2. The summed E-state index contributed by atoms with van der Waals surface area (Å²) in [5.41, 5.74) is 0.0647. The molecule has 4 heteroatoms. The van der Waals surface area contributed by atoms with E-state index >= 15 is 0 Å². The molecule has 0 saturated heterocycles. The fourth-order valence-corrected chi connectivity index (χ4v) is 1.34. The zero-order valence-electron chi connectivity index (χ0n) is 9.92. The molecule has 0 aromatic rings. The normalized spacial score (nSPS) is 13.7. The maximum Gasteiger partial charge on any atom is 0.220 e. The smallest absolute Gasteiger partial charge is 0.220 e. The molecule has 0 aromatic heterocycles. The lowest BCUT2D eigenvalue weighted by Crippen LogP contribution is -2.34. The van der Waals surface area contributed by atoms with Crippen molar-refractivity contribution in [2.45, 2.75) is 46.1 Å². The molecule has 3 N–H and O–H groups in total. The first kappa shape index (κ1) is 14.4. The summed E-state index contributed by atoms with van der Waals surface area (Å²) in [6, 6.07) is 0. The SMILES string of the molecule is CC(C)(C)CC(O)CNC(=O)CCCO. The summed E-state index contributed by atoms with van der Waals surface area (Å²) in [5, 5.41) is 20.8. The Morgan fingerprint density at radius 2 is 2.00 bits per heavy atom. The molecule has 0 aromatic carbocycles. The van der Waals surface area contributed by atoms with Gasteiger partial charge in [0.2, 0.25) is 5.91 Å². The predicted molar refractivity (Wildman–Crippen MR) is 59.4 cm³/mol. The van der Waals surface area contributed by atoms with Crippen LogP contribution in [0.5, 0.6) is 0 Å². The summed E-state index contributed by atoms with van der Waals surface area (Å²) >= 11 is 0. The Hall–Kier alpha value is -0.610. The molecule has 0 rings (SSSR count). The van der Waals surface area contributed by atoms with E-state index in [0.29, 0.717) is 25.8 Å². The second-order valence-corrected chi connectivity index (χ2v) is 5.05. The highest BCUT2D eigenvalue weighted by molar-refractivity contribution is 5.75. The molecule has 0 aliphatic rings. The van der Waals surface area contributed by atoms with Crippen LogP contribution in [0.25, 0.3) is 0 Å². The average molecular weight is 217 g/mol. The van der Waals surface area contributed by atoms with Crippen LogP contribution in [0.15, 0.2) is 0 Å². The van der Waals surface area contributed by atoms with Gasteiger partial charge in [0, 0.05) is 19.6 Å². The van der Waals surface area contributed by atoms with E-state index in [-0.39, 0.29) is 17.9 Å². The van der Waals surface area contributed by atoms with Gasteiger partial charge in [-0.1, -0.05) is 20.8 Å². The van der Waals surface area contributed by atoms with Crippen LogP contribution in [0.2, 0.25) is 0 Å². The molecule has 0 saturated carbocycles. The van der Waals surface area contributed by atoms with Crippen LogP contribution in [-0.2, 0) is 4.79 Å². The lowest BCUT2D eigenvalue weighted by molar-refractivity contribution is -0.121. The van der Waals surface area contributed by atoms with Gasteiger partial charge in [0.25, 0.3) is 0 Å². The van der Waals surface area contributed by atoms with Crippen molar-refractivity contribution in [3.63, 3.8) is 0 Å². The van der Waals surface area contributed by atoms with Crippen molar-refractivity contribution in [2.24, 2.45) is 5.41 Å². The second-order valence-electron chi connectivity index (χ2n) is 5.05. The number of hydrogen-bond donors (Lipinski definition) is 3. The Morgan fingerprint density at radius 1 is 1.40 bits per heavy atom. The maximum absolute atomic E-state index is 11.1. The molecule has 0 heterocycles. The first-order chi connectivity index (χ1) is 6.85. The fraction of sp³-hybridized carbons (Fsp3) is 0.909. The molecule has 0 fully saturated rings. The van der Waals surface area contributed by atoms with E-state index in [0.717, 1.165) is 0 Å². The van der Waals surface area contributed by atoms with Crippen LogP contribution in [0.3, 0.4) is 0 Å². The van der Waals surface area contributed by atoms with Crippen LogP contribution in [0, 0.1) is 5.41 Å². The number of amides is 1. The van der Waals surface area contributed by atoms with Gasteiger partial charge in [-0.15, -0.1) is 0 Å². The first-order valence-corrected chi connectivity index (χ1v) is 5.41. The van der Waals surface area contributed by atoms with E-state index < -0.39 is 6.10 Å². The van der Waals surface area contributed by atoms with Gasteiger partial charge in [-0.2, -0.15) is 0 Å². The van der Waals surface area contributed by atoms with Gasteiger partial charge in [0.15, 0.2) is 0 Å². The Morgan fingerprint density at radius 3 is 2.47 bits per heavy atom. The second kappa shape index (κ2) is 6.80. The molecule has 0 spiro atoms. The van der Waals surface area contributed by atoms with Crippen LogP contribution < -0.4 is 5.32 Å². The van der Waals surface area contributed by atoms with Gasteiger partial charge in [-0.05, 0) is 18.3 Å². The van der Waals surface area contributed by atoms with Crippen molar-refractivity contribution in [1.82, 2.24) is 5.32 Å². The number of rotatable bonds is 6. The third kappa shape index (κ3) is 9.69. The van der Waals surface area contributed by atoms with Crippen LogP contribution in [0.4, 0.5) is 0 Å². The Labute approximate surface area is 91.7 Å². The molecule has 1 unspecified atom stereocenters. The molecule has 4 nitrogen and oxygen atoms in total. The lowest BCUT2D eigenvalue weighted by Gasteiger charge is -2.22. The minimum Gasteiger partial charge on any atom is -0.396 e. The van der Waals surface area contributed by atoms with Gasteiger partial charge in [-0.3, -0.25) is 4.79 Å². The number of aliphatic hydroxyl groups is 2. The van der Waals surface area contributed by atoms with Crippen molar-refractivity contribution in [2.75, 3.05) is 13.2 Å². The van der Waals surface area contributed by atoms with Gasteiger partial charge < -0.3 is 15.5 Å². The summed E-state index contributed by atoms with van der Waals surface area (Å²) in [6.45, 7) is 6.46. The molecule has 15 heavy (non-hydrogen) atoms. The third-order valence-corrected chi connectivity index (χ3v) is 1.94. The predicted octanol–water partition coefficient (Wildman–Crippen LogP) is 0.672. The van der Waals surface area contributed by atoms with Gasteiger partial charge in [-0.25, -0.2) is 0 Å². The van der Waals surface area contributed by atoms with Crippen molar-refractivity contribution in [1.29, 1.82) is 0 Å². The molecule has 90 valence electrons. The van der Waals surface area contributed by atoms with Gasteiger partial charge >= 0.3 is 0 Å². The third-order valence-electron chi connectivity index (χ3n) is 1.94. The van der Waals surface area contributed by atoms with E-state index in [9.17, 15) is 9.90 Å². The molecule has 0 radical (unpaired) electrons. The molecular weight excluding hydrogens is 194 g/mol. The lowest BCUT2D eigenvalue weighted by atomic mass is 9.89. The van der Waals surface area contributed by atoms with Crippen LogP contribution >= 0.6 is 0 Å². The number of carbonyl (C=O) groups excluding carboxylic acids is 1. The van der Waals surface area contributed by atoms with Crippen molar-refractivity contribution in [3.8, 4) is 0 Å². The highest BCUT2D eigenvalue weighted by Crippen LogP contribution is 2.20. The molecular formula is C11H23NO3. The van der Waals surface area contributed by atoms with Gasteiger partial charge in [0.1, 0.15) is 0 Å². The molecule has 1 atom stereocenters. The quantitative estimate of drug-likeness (QED) is 0.612. The van der Waals surface area contributed by atoms with E-state index in [1.54, 1.807) is 0 Å². The Kier molecular flexibility index (Phi) is 6.52. The topological polar surface area (TPSA) is 69.6 Å². The molecule has 0 aliphatic carbocycles. The standard InChI is InChI=1S/C11H23NO3/c1-11(2,3)7-9(14)8-12-10(15)5-4-6-13/h9,13-14H,4-8H2,1-3H3,(H,12,15). The van der Waals surface area contributed by atoms with Crippen LogP contribution in [-0.4, -0.2) is 35.4 Å². The zero-order chi connectivity index (χ0) is 11.9. The van der Waals surface area contributed by atoms with Gasteiger partial charge in [0.05, 0.1) is 6.10 Å². The van der Waals surface area contributed by atoms with Crippen molar-refractivity contribution >= 4 is 5.91 Å². The van der Waals surface area contributed by atoms with Crippen molar-refractivity contribution in [3.05, 3.63) is 0 Å². The fourth-order valence-electron chi connectivity index (χ4n) is 1.34. The number of nitrogens with one attached hydrogen (secondary N) is 1. The zero-order valence-corrected chi connectivity index (χ0v) is 9.92. The Balaban J connectivity index is 3.62. The summed E-state index contributed by atoms with van der Waals surface area (Å²) < 4.78 is 0. The summed E-state index contributed by atoms with van der Waals surface area (Å²) in [4.78, 5) is 11.1. The van der Waals surface area contributed by atoms with E-state index in [4.69, 9.17) is 5.11 Å². The summed E-state index contributed by atoms with van der Waals surface area (Å²) in [5.74, 6) is -0.114. The molecule has 0 bridgehead atoms. The minimum absolute atomic E-state index is 0.0258. The maximum atomic E-state index is 11.1. The van der Waals surface area contributed by atoms with Crippen LogP contribution in [0.1, 0.15) is 40.0 Å². The Bertz CT molecular complexity index is 187. The monoisotopic (exact) mass is 217 g/mol. The molecule has 1 amide bonds. The van der Waals surface area contributed by atoms with E-state index in [2.05, 4.69) is 5.32 Å². The highest BCUT2D eigenvalue weighted by atomic mass is 16.3.